The number of carbonyl (C=O) groups is 1. The van der Waals surface area contributed by atoms with E-state index in [1.807, 2.05) is 19.1 Å². The van der Waals surface area contributed by atoms with Crippen LogP contribution in [0.2, 0.25) is 0 Å². The number of benzene rings is 1. The second-order valence-corrected chi connectivity index (χ2v) is 7.03. The van der Waals surface area contributed by atoms with Gasteiger partial charge in [-0.2, -0.15) is 5.10 Å². The molecule has 0 aliphatic heterocycles. The Balaban J connectivity index is 1.73. The van der Waals surface area contributed by atoms with Gasteiger partial charge in [0.15, 0.2) is 5.82 Å². The van der Waals surface area contributed by atoms with Gasteiger partial charge in [-0.1, -0.05) is 12.1 Å². The molecule has 1 fully saturated rings. The van der Waals surface area contributed by atoms with Gasteiger partial charge in [0.25, 0.3) is 5.91 Å². The minimum Gasteiger partial charge on any atom is -0.389 e. The van der Waals surface area contributed by atoms with Crippen molar-refractivity contribution in [3.8, 4) is 11.4 Å². The van der Waals surface area contributed by atoms with Crippen LogP contribution in [0.3, 0.4) is 0 Å². The van der Waals surface area contributed by atoms with E-state index >= 15 is 0 Å². The number of likely N-dealkylation sites (N-methyl/N-ethyl adjacent to an activating group) is 1. The van der Waals surface area contributed by atoms with Crippen LogP contribution in [0.15, 0.2) is 24.3 Å². The van der Waals surface area contributed by atoms with Crippen molar-refractivity contribution in [2.45, 2.75) is 45.1 Å². The maximum Gasteiger partial charge on any atom is 0.253 e. The number of carbonyl (C=O) groups excluding carboxylic acids is 1. The van der Waals surface area contributed by atoms with Gasteiger partial charge in [0, 0.05) is 30.1 Å². The predicted molar refractivity (Wildman–Crippen MR) is 91.7 cm³/mol. The highest BCUT2D eigenvalue weighted by molar-refractivity contribution is 5.94. The van der Waals surface area contributed by atoms with Gasteiger partial charge in [0.05, 0.1) is 5.60 Å². The third kappa shape index (κ3) is 3.82. The summed E-state index contributed by atoms with van der Waals surface area (Å²) in [6.45, 7) is 6.16. The van der Waals surface area contributed by atoms with Crippen LogP contribution in [0, 0.1) is 0 Å². The second kappa shape index (κ2) is 6.36. The minimum absolute atomic E-state index is 0.0835. The lowest BCUT2D eigenvalue weighted by molar-refractivity contribution is 0.0314. The molecule has 1 aromatic heterocycles. The predicted octanol–water partition coefficient (Wildman–Crippen LogP) is 2.58. The smallest absolute Gasteiger partial charge is 0.253 e. The number of aromatic nitrogens is 3. The lowest BCUT2D eigenvalue weighted by Gasteiger charge is -2.28. The molecule has 3 rings (SSSR count). The normalized spacial score (nSPS) is 14.7. The van der Waals surface area contributed by atoms with Crippen LogP contribution in [0.25, 0.3) is 11.4 Å². The minimum atomic E-state index is -0.913. The molecular formula is C18H24N4O2. The zero-order chi connectivity index (χ0) is 17.3. The molecule has 0 bridgehead atoms. The summed E-state index contributed by atoms with van der Waals surface area (Å²) in [5.41, 5.74) is 0.576. The van der Waals surface area contributed by atoms with Crippen molar-refractivity contribution in [2.24, 2.45) is 0 Å². The van der Waals surface area contributed by atoms with Crippen molar-refractivity contribution in [2.75, 3.05) is 13.1 Å². The largest absolute Gasteiger partial charge is 0.389 e. The molecular weight excluding hydrogens is 304 g/mol. The van der Waals surface area contributed by atoms with Crippen molar-refractivity contribution in [3.05, 3.63) is 35.7 Å². The highest BCUT2D eigenvalue weighted by atomic mass is 16.3. The molecule has 2 N–H and O–H groups in total. The van der Waals surface area contributed by atoms with Crippen LogP contribution in [0.4, 0.5) is 0 Å². The quantitative estimate of drug-likeness (QED) is 0.854. The Kier molecular flexibility index (Phi) is 4.41. The Morgan fingerprint density at radius 3 is 2.54 bits per heavy atom. The maximum atomic E-state index is 12.6. The number of amides is 1. The fourth-order valence-electron chi connectivity index (χ4n) is 2.68. The Morgan fingerprint density at radius 2 is 2.00 bits per heavy atom. The van der Waals surface area contributed by atoms with Gasteiger partial charge in [0.1, 0.15) is 5.82 Å². The van der Waals surface area contributed by atoms with E-state index in [9.17, 15) is 9.90 Å². The fourth-order valence-corrected chi connectivity index (χ4v) is 2.68. The molecule has 6 nitrogen and oxygen atoms in total. The van der Waals surface area contributed by atoms with Crippen molar-refractivity contribution in [3.63, 3.8) is 0 Å². The van der Waals surface area contributed by atoms with Gasteiger partial charge in [-0.15, -0.1) is 0 Å². The standard InChI is InChI=1S/C18H24N4O2/c1-4-22(11-18(2,3)24)17(23)14-9-7-13(8-10-14)16-19-15(20-21-16)12-5-6-12/h7-10,12,24H,4-6,11H2,1-3H3,(H,19,20,21). The molecule has 1 saturated carbocycles. The van der Waals surface area contributed by atoms with Gasteiger partial charge in [-0.3, -0.25) is 9.89 Å². The van der Waals surface area contributed by atoms with Gasteiger partial charge in [-0.25, -0.2) is 4.98 Å². The number of aromatic amines is 1. The lowest BCUT2D eigenvalue weighted by atomic mass is 10.1. The molecule has 1 aliphatic carbocycles. The van der Waals surface area contributed by atoms with E-state index in [1.165, 1.54) is 12.8 Å². The number of nitrogens with one attached hydrogen (secondary N) is 1. The first kappa shape index (κ1) is 16.6. The molecule has 24 heavy (non-hydrogen) atoms. The summed E-state index contributed by atoms with van der Waals surface area (Å²) in [5.74, 6) is 2.07. The SMILES string of the molecule is CCN(CC(C)(C)O)C(=O)c1ccc(-c2n[nH]c(C3CC3)n2)cc1. The molecule has 1 aliphatic rings. The first-order valence-corrected chi connectivity index (χ1v) is 8.42. The van der Waals surface area contributed by atoms with Gasteiger partial charge >= 0.3 is 0 Å². The number of aliphatic hydroxyl groups is 1. The van der Waals surface area contributed by atoms with Gasteiger partial charge < -0.3 is 10.0 Å². The van der Waals surface area contributed by atoms with E-state index in [0.29, 0.717) is 30.4 Å². The Hall–Kier alpha value is -2.21. The number of rotatable bonds is 6. The van der Waals surface area contributed by atoms with E-state index in [1.54, 1.807) is 30.9 Å². The number of H-pyrrole nitrogens is 1. The van der Waals surface area contributed by atoms with E-state index in [2.05, 4.69) is 15.2 Å². The van der Waals surface area contributed by atoms with E-state index < -0.39 is 5.60 Å². The molecule has 0 saturated heterocycles. The molecule has 1 aromatic carbocycles. The molecule has 0 radical (unpaired) electrons. The van der Waals surface area contributed by atoms with Gasteiger partial charge in [0.2, 0.25) is 0 Å². The lowest BCUT2D eigenvalue weighted by Crippen LogP contribution is -2.42. The zero-order valence-electron chi connectivity index (χ0n) is 14.4. The van der Waals surface area contributed by atoms with E-state index in [4.69, 9.17) is 0 Å². The molecule has 1 amide bonds. The molecule has 6 heteroatoms. The van der Waals surface area contributed by atoms with Crippen LogP contribution < -0.4 is 0 Å². The Morgan fingerprint density at radius 1 is 1.33 bits per heavy atom. The van der Waals surface area contributed by atoms with Crippen molar-refractivity contribution in [1.29, 1.82) is 0 Å². The molecule has 0 spiro atoms. The molecule has 0 atom stereocenters. The molecule has 1 heterocycles. The van der Waals surface area contributed by atoms with Gasteiger partial charge in [-0.05, 0) is 45.7 Å². The molecule has 0 unspecified atom stereocenters. The topological polar surface area (TPSA) is 82.1 Å². The summed E-state index contributed by atoms with van der Waals surface area (Å²) in [7, 11) is 0. The van der Waals surface area contributed by atoms with Crippen LogP contribution >= 0.6 is 0 Å². The van der Waals surface area contributed by atoms with E-state index in [-0.39, 0.29) is 5.91 Å². The summed E-state index contributed by atoms with van der Waals surface area (Å²) < 4.78 is 0. The first-order chi connectivity index (χ1) is 11.4. The highest BCUT2D eigenvalue weighted by Gasteiger charge is 2.27. The Labute approximate surface area is 141 Å². The van der Waals surface area contributed by atoms with Crippen molar-refractivity contribution >= 4 is 5.91 Å². The summed E-state index contributed by atoms with van der Waals surface area (Å²) in [4.78, 5) is 18.7. The molecule has 128 valence electrons. The van der Waals surface area contributed by atoms with Crippen molar-refractivity contribution in [1.82, 2.24) is 20.1 Å². The average Bonchev–Trinajstić information content (AvgIpc) is 3.28. The van der Waals surface area contributed by atoms with Crippen LogP contribution in [-0.4, -0.2) is 49.8 Å². The highest BCUT2D eigenvalue weighted by Crippen LogP contribution is 2.38. The van der Waals surface area contributed by atoms with Crippen LogP contribution in [0.1, 0.15) is 55.7 Å². The number of hydrogen-bond acceptors (Lipinski definition) is 4. The second-order valence-electron chi connectivity index (χ2n) is 7.03. The Bertz CT molecular complexity index is 711. The third-order valence-electron chi connectivity index (χ3n) is 4.10. The number of nitrogens with zero attached hydrogens (tertiary/aromatic N) is 3. The summed E-state index contributed by atoms with van der Waals surface area (Å²) >= 11 is 0. The summed E-state index contributed by atoms with van der Waals surface area (Å²) in [6.07, 6.45) is 2.35. The monoisotopic (exact) mass is 328 g/mol. The third-order valence-corrected chi connectivity index (χ3v) is 4.10. The summed E-state index contributed by atoms with van der Waals surface area (Å²) in [6, 6.07) is 7.31. The zero-order valence-corrected chi connectivity index (χ0v) is 14.4. The average molecular weight is 328 g/mol. The number of hydrogen-bond donors (Lipinski definition) is 2. The summed E-state index contributed by atoms with van der Waals surface area (Å²) in [5, 5.41) is 17.2. The van der Waals surface area contributed by atoms with Crippen LogP contribution in [0.5, 0.6) is 0 Å². The first-order valence-electron chi connectivity index (χ1n) is 8.42. The van der Waals surface area contributed by atoms with Crippen LogP contribution in [-0.2, 0) is 0 Å². The van der Waals surface area contributed by atoms with E-state index in [0.717, 1.165) is 11.4 Å². The maximum absolute atomic E-state index is 12.6. The molecule has 2 aromatic rings. The van der Waals surface area contributed by atoms with Crippen molar-refractivity contribution < 1.29 is 9.90 Å². The fraction of sp³-hybridized carbons (Fsp3) is 0.500.